The van der Waals surface area contributed by atoms with Crippen molar-refractivity contribution in [3.63, 3.8) is 0 Å². The predicted molar refractivity (Wildman–Crippen MR) is 85.1 cm³/mol. The van der Waals surface area contributed by atoms with Crippen LogP contribution in [-0.2, 0) is 0 Å². The quantitative estimate of drug-likeness (QED) is 0.819. The number of benzene rings is 2. The molecule has 2 aliphatic heterocycles. The standard InChI is InChI=1S/C18H20N2/c1-13-5-2-3-7-16(13)20-12-10-14-9-11-19-15-6-4-8-17(20)18(14)15/h2-8,14,19H,9-12H2,1H3. The first-order valence-corrected chi connectivity index (χ1v) is 7.54. The molecule has 2 aromatic carbocycles. The van der Waals surface area contributed by atoms with Crippen LogP contribution in [0.2, 0.25) is 0 Å². The van der Waals surface area contributed by atoms with Gasteiger partial charge in [0.15, 0.2) is 0 Å². The maximum Gasteiger partial charge on any atom is 0.0467 e. The number of rotatable bonds is 1. The van der Waals surface area contributed by atoms with Gasteiger partial charge >= 0.3 is 0 Å². The van der Waals surface area contributed by atoms with Gasteiger partial charge in [-0.1, -0.05) is 24.3 Å². The number of nitrogens with zero attached hydrogens (tertiary/aromatic N) is 1. The van der Waals surface area contributed by atoms with E-state index in [9.17, 15) is 0 Å². The summed E-state index contributed by atoms with van der Waals surface area (Å²) in [5.74, 6) is 0.739. The third-order valence-electron chi connectivity index (χ3n) is 4.70. The highest BCUT2D eigenvalue weighted by Crippen LogP contribution is 2.46. The molecule has 0 aromatic heterocycles. The van der Waals surface area contributed by atoms with Crippen LogP contribution in [0.15, 0.2) is 42.5 Å². The molecular weight excluding hydrogens is 244 g/mol. The molecule has 1 unspecified atom stereocenters. The Morgan fingerprint density at radius 3 is 2.75 bits per heavy atom. The zero-order valence-corrected chi connectivity index (χ0v) is 11.9. The van der Waals surface area contributed by atoms with Crippen molar-refractivity contribution in [2.24, 2.45) is 0 Å². The average Bonchev–Trinajstić information content (AvgIpc) is 2.49. The Kier molecular flexibility index (Phi) is 2.69. The van der Waals surface area contributed by atoms with E-state index in [0.29, 0.717) is 0 Å². The Morgan fingerprint density at radius 1 is 1.00 bits per heavy atom. The fraction of sp³-hybridized carbons (Fsp3) is 0.333. The van der Waals surface area contributed by atoms with Crippen molar-refractivity contribution in [1.29, 1.82) is 0 Å². The van der Waals surface area contributed by atoms with Crippen LogP contribution in [0.1, 0.15) is 29.9 Å². The summed E-state index contributed by atoms with van der Waals surface area (Å²) >= 11 is 0. The maximum atomic E-state index is 3.56. The van der Waals surface area contributed by atoms with Gasteiger partial charge in [0.25, 0.3) is 0 Å². The van der Waals surface area contributed by atoms with E-state index < -0.39 is 0 Å². The smallest absolute Gasteiger partial charge is 0.0467 e. The number of hydrogen-bond acceptors (Lipinski definition) is 2. The zero-order chi connectivity index (χ0) is 13.5. The van der Waals surface area contributed by atoms with Crippen LogP contribution in [0.5, 0.6) is 0 Å². The predicted octanol–water partition coefficient (Wildman–Crippen LogP) is 4.44. The lowest BCUT2D eigenvalue weighted by Gasteiger charge is -2.40. The van der Waals surface area contributed by atoms with Crippen LogP contribution in [0, 0.1) is 6.92 Å². The minimum atomic E-state index is 0.739. The van der Waals surface area contributed by atoms with Crippen LogP contribution < -0.4 is 10.2 Å². The maximum absolute atomic E-state index is 3.56. The number of hydrogen-bond donors (Lipinski definition) is 1. The highest BCUT2D eigenvalue weighted by atomic mass is 15.2. The van der Waals surface area contributed by atoms with Gasteiger partial charge < -0.3 is 10.2 Å². The van der Waals surface area contributed by atoms with Gasteiger partial charge in [0, 0.05) is 35.7 Å². The first kappa shape index (κ1) is 11.8. The van der Waals surface area contributed by atoms with Crippen molar-refractivity contribution in [2.45, 2.75) is 25.7 Å². The second kappa shape index (κ2) is 4.55. The number of nitrogens with one attached hydrogen (secondary N) is 1. The van der Waals surface area contributed by atoms with E-state index in [1.807, 2.05) is 0 Å². The van der Waals surface area contributed by atoms with Crippen molar-refractivity contribution < 1.29 is 0 Å². The van der Waals surface area contributed by atoms with Crippen molar-refractivity contribution in [3.8, 4) is 0 Å². The lowest BCUT2D eigenvalue weighted by atomic mass is 9.83. The molecule has 0 fully saturated rings. The van der Waals surface area contributed by atoms with Crippen LogP contribution in [-0.4, -0.2) is 13.1 Å². The summed E-state index contributed by atoms with van der Waals surface area (Å²) in [7, 11) is 0. The Bertz CT molecular complexity index is 648. The first-order valence-electron chi connectivity index (χ1n) is 7.54. The van der Waals surface area contributed by atoms with Crippen LogP contribution in [0.3, 0.4) is 0 Å². The Labute approximate surface area is 120 Å². The molecule has 0 aliphatic carbocycles. The molecule has 2 aromatic rings. The molecule has 1 N–H and O–H groups in total. The topological polar surface area (TPSA) is 15.3 Å². The van der Waals surface area contributed by atoms with Gasteiger partial charge in [0.1, 0.15) is 0 Å². The molecule has 0 saturated heterocycles. The van der Waals surface area contributed by atoms with Gasteiger partial charge in [-0.3, -0.25) is 0 Å². The summed E-state index contributed by atoms with van der Waals surface area (Å²) in [6, 6.07) is 15.4. The molecule has 102 valence electrons. The van der Waals surface area contributed by atoms with Crippen molar-refractivity contribution >= 4 is 17.1 Å². The Morgan fingerprint density at radius 2 is 1.85 bits per heavy atom. The van der Waals surface area contributed by atoms with E-state index in [1.54, 1.807) is 0 Å². The average molecular weight is 264 g/mol. The SMILES string of the molecule is Cc1ccccc1N1CCC2CCNc3cccc1c32. The molecule has 0 saturated carbocycles. The normalized spacial score (nSPS) is 20.2. The zero-order valence-electron chi connectivity index (χ0n) is 11.9. The first-order chi connectivity index (χ1) is 9.84. The largest absolute Gasteiger partial charge is 0.385 e. The Balaban J connectivity index is 1.87. The van der Waals surface area contributed by atoms with Gasteiger partial charge in [0.2, 0.25) is 0 Å². The molecule has 20 heavy (non-hydrogen) atoms. The summed E-state index contributed by atoms with van der Waals surface area (Å²) in [6.07, 6.45) is 2.53. The van der Waals surface area contributed by atoms with Crippen molar-refractivity contribution in [1.82, 2.24) is 0 Å². The second-order valence-corrected chi connectivity index (χ2v) is 5.88. The molecule has 4 rings (SSSR count). The summed E-state index contributed by atoms with van der Waals surface area (Å²) in [5, 5.41) is 3.56. The highest BCUT2D eigenvalue weighted by Gasteiger charge is 2.30. The third kappa shape index (κ3) is 1.71. The van der Waals surface area contributed by atoms with Gasteiger partial charge in [0.05, 0.1) is 0 Å². The summed E-state index contributed by atoms with van der Waals surface area (Å²) < 4.78 is 0. The fourth-order valence-corrected chi connectivity index (χ4v) is 3.71. The lowest BCUT2D eigenvalue weighted by molar-refractivity contribution is 0.561. The minimum Gasteiger partial charge on any atom is -0.385 e. The minimum absolute atomic E-state index is 0.739. The van der Waals surface area contributed by atoms with Gasteiger partial charge in [-0.2, -0.15) is 0 Å². The number of aryl methyl sites for hydroxylation is 1. The van der Waals surface area contributed by atoms with E-state index in [0.717, 1.165) is 19.0 Å². The number of para-hydroxylation sites is 1. The molecule has 0 spiro atoms. The molecule has 2 nitrogen and oxygen atoms in total. The second-order valence-electron chi connectivity index (χ2n) is 5.88. The van der Waals surface area contributed by atoms with Crippen LogP contribution in [0.25, 0.3) is 0 Å². The Hall–Kier alpha value is -1.96. The monoisotopic (exact) mass is 264 g/mol. The number of anilines is 3. The van der Waals surface area contributed by atoms with Crippen molar-refractivity contribution in [2.75, 3.05) is 23.3 Å². The molecule has 0 radical (unpaired) electrons. The highest BCUT2D eigenvalue weighted by molar-refractivity contribution is 5.77. The van der Waals surface area contributed by atoms with E-state index in [1.165, 1.54) is 41.0 Å². The summed E-state index contributed by atoms with van der Waals surface area (Å²) in [4.78, 5) is 2.50. The third-order valence-corrected chi connectivity index (χ3v) is 4.70. The van der Waals surface area contributed by atoms with E-state index in [2.05, 4.69) is 59.6 Å². The van der Waals surface area contributed by atoms with E-state index in [-0.39, 0.29) is 0 Å². The summed E-state index contributed by atoms with van der Waals surface area (Å²) in [6.45, 7) is 4.45. The van der Waals surface area contributed by atoms with Crippen LogP contribution in [0.4, 0.5) is 17.1 Å². The molecule has 1 atom stereocenters. The molecule has 2 aliphatic rings. The lowest BCUT2D eigenvalue weighted by Crippen LogP contribution is -2.31. The summed E-state index contributed by atoms with van der Waals surface area (Å²) in [5.41, 5.74) is 6.99. The van der Waals surface area contributed by atoms with Gasteiger partial charge in [-0.25, -0.2) is 0 Å². The molecule has 0 amide bonds. The van der Waals surface area contributed by atoms with E-state index >= 15 is 0 Å². The molecule has 2 heteroatoms. The molecule has 0 bridgehead atoms. The van der Waals surface area contributed by atoms with Gasteiger partial charge in [-0.05, 0) is 49.4 Å². The molecular formula is C18H20N2. The van der Waals surface area contributed by atoms with Gasteiger partial charge in [-0.15, -0.1) is 0 Å². The van der Waals surface area contributed by atoms with Crippen LogP contribution >= 0.6 is 0 Å². The van der Waals surface area contributed by atoms with Crippen molar-refractivity contribution in [3.05, 3.63) is 53.6 Å². The van der Waals surface area contributed by atoms with E-state index in [4.69, 9.17) is 0 Å². The fourth-order valence-electron chi connectivity index (χ4n) is 3.71. The molecule has 2 heterocycles.